The van der Waals surface area contributed by atoms with Crippen LogP contribution in [-0.4, -0.2) is 48.1 Å². The lowest BCUT2D eigenvalue weighted by molar-refractivity contribution is 0.102. The molecule has 0 aliphatic heterocycles. The maximum Gasteiger partial charge on any atom is 0.276 e. The van der Waals surface area contributed by atoms with Crippen LogP contribution in [0.15, 0.2) is 59.5 Å². The standard InChI is InChI=1S/C23H28N4O4S/c1-5-26(6-2)32(29,30)22-16-18(13-14-21(22)31-7-3)24-23(28)20-15-17(4)27(25-20)19-11-9-8-10-12-19/h8-16H,5-7H2,1-4H3,(H,24,28). The Morgan fingerprint density at radius 2 is 1.75 bits per heavy atom. The minimum Gasteiger partial charge on any atom is -0.492 e. The number of aromatic nitrogens is 2. The van der Waals surface area contributed by atoms with E-state index in [0.717, 1.165) is 11.4 Å². The van der Waals surface area contributed by atoms with E-state index in [-0.39, 0.29) is 16.3 Å². The Kier molecular flexibility index (Phi) is 7.32. The molecule has 0 fully saturated rings. The Hall–Kier alpha value is -3.17. The molecule has 0 saturated carbocycles. The van der Waals surface area contributed by atoms with E-state index in [4.69, 9.17) is 4.74 Å². The molecule has 1 amide bonds. The van der Waals surface area contributed by atoms with Crippen LogP contribution in [0.5, 0.6) is 5.75 Å². The molecule has 32 heavy (non-hydrogen) atoms. The van der Waals surface area contributed by atoms with Gasteiger partial charge in [-0.05, 0) is 50.2 Å². The molecule has 1 heterocycles. The summed E-state index contributed by atoms with van der Waals surface area (Å²) >= 11 is 0. The lowest BCUT2D eigenvalue weighted by Gasteiger charge is -2.21. The molecule has 0 atom stereocenters. The molecule has 0 spiro atoms. The maximum absolute atomic E-state index is 13.1. The van der Waals surface area contributed by atoms with Gasteiger partial charge in [-0.15, -0.1) is 0 Å². The third-order valence-corrected chi connectivity index (χ3v) is 7.02. The molecule has 2 aromatic carbocycles. The van der Waals surface area contributed by atoms with E-state index >= 15 is 0 Å². The van der Waals surface area contributed by atoms with Crippen molar-refractivity contribution in [3.8, 4) is 11.4 Å². The third-order valence-electron chi connectivity index (χ3n) is 4.95. The highest BCUT2D eigenvalue weighted by atomic mass is 32.2. The van der Waals surface area contributed by atoms with Crippen LogP contribution in [-0.2, 0) is 10.0 Å². The van der Waals surface area contributed by atoms with Crippen molar-refractivity contribution < 1.29 is 17.9 Å². The summed E-state index contributed by atoms with van der Waals surface area (Å²) in [5, 5.41) is 7.16. The first kappa shape index (κ1) is 23.5. The number of aryl methyl sites for hydroxylation is 1. The molecular weight excluding hydrogens is 428 g/mol. The number of amides is 1. The molecular formula is C23H28N4O4S. The van der Waals surface area contributed by atoms with Gasteiger partial charge >= 0.3 is 0 Å². The quantitative estimate of drug-likeness (QED) is 0.528. The topological polar surface area (TPSA) is 93.5 Å². The van der Waals surface area contributed by atoms with Gasteiger partial charge in [0.25, 0.3) is 5.91 Å². The van der Waals surface area contributed by atoms with Gasteiger partial charge in [-0.1, -0.05) is 32.0 Å². The molecule has 3 rings (SSSR count). The highest BCUT2D eigenvalue weighted by Crippen LogP contribution is 2.30. The molecule has 0 radical (unpaired) electrons. The fraction of sp³-hybridized carbons (Fsp3) is 0.304. The highest BCUT2D eigenvalue weighted by molar-refractivity contribution is 7.89. The van der Waals surface area contributed by atoms with Gasteiger partial charge in [0.2, 0.25) is 10.0 Å². The van der Waals surface area contributed by atoms with Crippen LogP contribution in [0.1, 0.15) is 37.0 Å². The van der Waals surface area contributed by atoms with Gasteiger partial charge < -0.3 is 10.1 Å². The number of carbonyl (C=O) groups is 1. The van der Waals surface area contributed by atoms with Crippen molar-refractivity contribution >= 4 is 21.6 Å². The van der Waals surface area contributed by atoms with E-state index in [1.54, 1.807) is 43.7 Å². The monoisotopic (exact) mass is 456 g/mol. The van der Waals surface area contributed by atoms with Crippen LogP contribution in [0, 0.1) is 6.92 Å². The van der Waals surface area contributed by atoms with Crippen LogP contribution < -0.4 is 10.1 Å². The minimum atomic E-state index is -3.78. The normalized spacial score (nSPS) is 11.5. The SMILES string of the molecule is CCOc1ccc(NC(=O)c2cc(C)n(-c3ccccc3)n2)cc1S(=O)(=O)N(CC)CC. The molecule has 0 aliphatic rings. The van der Waals surface area contributed by atoms with Gasteiger partial charge in [-0.3, -0.25) is 4.79 Å². The first-order valence-corrected chi connectivity index (χ1v) is 12.0. The number of benzene rings is 2. The number of ether oxygens (including phenoxy) is 1. The zero-order valence-corrected chi connectivity index (χ0v) is 19.5. The van der Waals surface area contributed by atoms with Crippen molar-refractivity contribution in [3.63, 3.8) is 0 Å². The van der Waals surface area contributed by atoms with Gasteiger partial charge in [0.1, 0.15) is 10.6 Å². The predicted molar refractivity (Wildman–Crippen MR) is 124 cm³/mol. The predicted octanol–water partition coefficient (Wildman–Crippen LogP) is 3.86. The molecule has 1 aromatic heterocycles. The van der Waals surface area contributed by atoms with E-state index in [0.29, 0.717) is 25.4 Å². The van der Waals surface area contributed by atoms with E-state index in [1.807, 2.05) is 37.3 Å². The maximum atomic E-state index is 13.1. The number of carbonyl (C=O) groups excluding carboxylic acids is 1. The van der Waals surface area contributed by atoms with E-state index in [2.05, 4.69) is 10.4 Å². The first-order chi connectivity index (χ1) is 15.3. The van der Waals surface area contributed by atoms with Gasteiger partial charge in [-0.25, -0.2) is 13.1 Å². The second kappa shape index (κ2) is 9.97. The van der Waals surface area contributed by atoms with Crippen molar-refractivity contribution in [3.05, 3.63) is 66.0 Å². The summed E-state index contributed by atoms with van der Waals surface area (Å²) in [4.78, 5) is 12.9. The molecule has 0 aliphatic carbocycles. The fourth-order valence-electron chi connectivity index (χ4n) is 3.38. The van der Waals surface area contributed by atoms with Gasteiger partial charge in [0, 0.05) is 24.5 Å². The van der Waals surface area contributed by atoms with Crippen molar-refractivity contribution in [1.29, 1.82) is 0 Å². The van der Waals surface area contributed by atoms with E-state index < -0.39 is 15.9 Å². The molecule has 8 nitrogen and oxygen atoms in total. The van der Waals surface area contributed by atoms with Crippen LogP contribution in [0.4, 0.5) is 5.69 Å². The average Bonchev–Trinajstić information content (AvgIpc) is 3.18. The summed E-state index contributed by atoms with van der Waals surface area (Å²) in [6.45, 7) is 8.19. The lowest BCUT2D eigenvalue weighted by Crippen LogP contribution is -2.31. The Morgan fingerprint density at radius 1 is 1.06 bits per heavy atom. The molecule has 0 unspecified atom stereocenters. The Labute approximate surface area is 188 Å². The van der Waals surface area contributed by atoms with Crippen LogP contribution in [0.3, 0.4) is 0 Å². The first-order valence-electron chi connectivity index (χ1n) is 10.5. The molecule has 1 N–H and O–H groups in total. The molecule has 0 saturated heterocycles. The zero-order valence-electron chi connectivity index (χ0n) is 18.7. The van der Waals surface area contributed by atoms with Crippen molar-refractivity contribution in [1.82, 2.24) is 14.1 Å². The fourth-order valence-corrected chi connectivity index (χ4v) is 4.99. The van der Waals surface area contributed by atoms with Crippen molar-refractivity contribution in [2.45, 2.75) is 32.6 Å². The number of para-hydroxylation sites is 1. The molecule has 3 aromatic rings. The minimum absolute atomic E-state index is 0.0202. The van der Waals surface area contributed by atoms with Crippen LogP contribution >= 0.6 is 0 Å². The van der Waals surface area contributed by atoms with Crippen LogP contribution in [0.25, 0.3) is 5.69 Å². The summed E-state index contributed by atoms with van der Waals surface area (Å²) in [5.74, 6) is -0.181. The summed E-state index contributed by atoms with van der Waals surface area (Å²) in [5.41, 5.74) is 2.22. The molecule has 0 bridgehead atoms. The second-order valence-corrected chi connectivity index (χ2v) is 8.96. The second-order valence-electron chi connectivity index (χ2n) is 7.06. The Morgan fingerprint density at radius 3 is 2.38 bits per heavy atom. The summed E-state index contributed by atoms with van der Waals surface area (Å²) in [6.07, 6.45) is 0. The van der Waals surface area contributed by atoms with Gasteiger partial charge in [0.05, 0.1) is 12.3 Å². The van der Waals surface area contributed by atoms with Crippen molar-refractivity contribution in [2.75, 3.05) is 25.0 Å². The van der Waals surface area contributed by atoms with Gasteiger partial charge in [0.15, 0.2) is 5.69 Å². The number of nitrogens with one attached hydrogen (secondary N) is 1. The number of hydrogen-bond acceptors (Lipinski definition) is 5. The number of nitrogens with zero attached hydrogens (tertiary/aromatic N) is 3. The lowest BCUT2D eigenvalue weighted by atomic mass is 10.2. The molecule has 9 heteroatoms. The summed E-state index contributed by atoms with van der Waals surface area (Å²) in [7, 11) is -3.78. The van der Waals surface area contributed by atoms with Gasteiger partial charge in [-0.2, -0.15) is 9.40 Å². The largest absolute Gasteiger partial charge is 0.492 e. The Balaban J connectivity index is 1.92. The Bertz CT molecular complexity index is 1190. The van der Waals surface area contributed by atoms with E-state index in [1.165, 1.54) is 10.4 Å². The summed E-state index contributed by atoms with van der Waals surface area (Å²) < 4.78 is 34.8. The third kappa shape index (κ3) is 4.84. The smallest absolute Gasteiger partial charge is 0.276 e. The van der Waals surface area contributed by atoms with Crippen LogP contribution in [0.2, 0.25) is 0 Å². The zero-order chi connectivity index (χ0) is 23.3. The number of rotatable bonds is 9. The number of sulfonamides is 1. The highest BCUT2D eigenvalue weighted by Gasteiger charge is 2.26. The summed E-state index contributed by atoms with van der Waals surface area (Å²) in [6, 6.07) is 15.8. The number of anilines is 1. The molecule has 170 valence electrons. The number of hydrogen-bond donors (Lipinski definition) is 1. The van der Waals surface area contributed by atoms with E-state index in [9.17, 15) is 13.2 Å². The van der Waals surface area contributed by atoms with Crippen molar-refractivity contribution in [2.24, 2.45) is 0 Å². The average molecular weight is 457 g/mol.